The van der Waals surface area contributed by atoms with Gasteiger partial charge in [0.05, 0.1) is 35.8 Å². The van der Waals surface area contributed by atoms with Crippen LogP contribution in [0.4, 0.5) is 10.2 Å². The Morgan fingerprint density at radius 3 is 2.78 bits per heavy atom. The van der Waals surface area contributed by atoms with E-state index in [0.29, 0.717) is 11.2 Å². The van der Waals surface area contributed by atoms with E-state index in [1.54, 1.807) is 24.8 Å². The summed E-state index contributed by atoms with van der Waals surface area (Å²) in [6.45, 7) is 0. The van der Waals surface area contributed by atoms with E-state index < -0.39 is 18.1 Å². The molecule has 0 bridgehead atoms. The number of imidazole rings is 1. The van der Waals surface area contributed by atoms with Crippen molar-refractivity contribution in [2.75, 3.05) is 5.32 Å². The van der Waals surface area contributed by atoms with E-state index in [1.807, 2.05) is 23.7 Å². The van der Waals surface area contributed by atoms with Crippen molar-refractivity contribution in [1.29, 1.82) is 0 Å². The number of hydrogen-bond donors (Lipinski definition) is 1. The summed E-state index contributed by atoms with van der Waals surface area (Å²) in [6, 6.07) is 9.99. The summed E-state index contributed by atoms with van der Waals surface area (Å²) in [5, 5.41) is 3.25. The predicted molar refractivity (Wildman–Crippen MR) is 100 cm³/mol. The molecule has 0 aliphatic rings. The molecular formula is C20H16FN5O. The van der Waals surface area contributed by atoms with Crippen molar-refractivity contribution >= 4 is 22.6 Å². The minimum Gasteiger partial charge on any atom is -0.332 e. The Hall–Kier alpha value is -3.61. The largest absolute Gasteiger partial charge is 0.332 e. The van der Waals surface area contributed by atoms with Crippen molar-refractivity contribution in [3.05, 3.63) is 72.6 Å². The maximum Gasteiger partial charge on any atom is 0.229 e. The SMILES string of the molecule is [2H]C([2H])(C(=O)Nc1cc2nc(-c3cncn3C)ccc2cn1)c1ccc(F)cc1. The maximum atomic E-state index is 13.1. The van der Waals surface area contributed by atoms with E-state index in [1.165, 1.54) is 12.1 Å². The Labute approximate surface area is 157 Å². The molecule has 3 heterocycles. The van der Waals surface area contributed by atoms with Gasteiger partial charge < -0.3 is 9.88 Å². The third-order valence-corrected chi connectivity index (χ3v) is 4.00. The van der Waals surface area contributed by atoms with Gasteiger partial charge in [-0.3, -0.25) is 4.79 Å². The highest BCUT2D eigenvalue weighted by atomic mass is 19.1. The zero-order valence-electron chi connectivity index (χ0n) is 16.3. The summed E-state index contributed by atoms with van der Waals surface area (Å²) in [5.74, 6) is -1.24. The lowest BCUT2D eigenvalue weighted by Gasteiger charge is -2.07. The molecule has 1 aromatic carbocycles. The summed E-state index contributed by atoms with van der Waals surface area (Å²) >= 11 is 0. The number of carbonyl (C=O) groups is 1. The normalized spacial score (nSPS) is 12.5. The fourth-order valence-corrected chi connectivity index (χ4v) is 2.64. The number of fused-ring (bicyclic) bond motifs is 1. The Balaban J connectivity index is 1.63. The number of benzene rings is 1. The molecule has 27 heavy (non-hydrogen) atoms. The third-order valence-electron chi connectivity index (χ3n) is 4.00. The molecule has 1 amide bonds. The quantitative estimate of drug-likeness (QED) is 0.603. The second kappa shape index (κ2) is 6.95. The van der Waals surface area contributed by atoms with Crippen LogP contribution in [-0.4, -0.2) is 25.4 Å². The maximum absolute atomic E-state index is 13.1. The van der Waals surface area contributed by atoms with E-state index in [-0.39, 0.29) is 11.4 Å². The lowest BCUT2D eigenvalue weighted by molar-refractivity contribution is -0.115. The van der Waals surface area contributed by atoms with Crippen LogP contribution < -0.4 is 5.32 Å². The second-order valence-corrected chi connectivity index (χ2v) is 5.93. The van der Waals surface area contributed by atoms with Gasteiger partial charge in [-0.2, -0.15) is 0 Å². The monoisotopic (exact) mass is 363 g/mol. The highest BCUT2D eigenvalue weighted by Crippen LogP contribution is 2.21. The molecular weight excluding hydrogens is 345 g/mol. The number of hydrogen-bond acceptors (Lipinski definition) is 4. The van der Waals surface area contributed by atoms with Gasteiger partial charge in [-0.15, -0.1) is 0 Å². The van der Waals surface area contributed by atoms with Gasteiger partial charge >= 0.3 is 0 Å². The highest BCUT2D eigenvalue weighted by Gasteiger charge is 2.09. The molecule has 0 aliphatic carbocycles. The molecule has 4 aromatic rings. The van der Waals surface area contributed by atoms with E-state index >= 15 is 0 Å². The average molecular weight is 363 g/mol. The number of aryl methyl sites for hydroxylation is 1. The molecule has 0 unspecified atom stereocenters. The third kappa shape index (κ3) is 3.67. The van der Waals surface area contributed by atoms with Crippen LogP contribution in [0, 0.1) is 5.82 Å². The first kappa shape index (κ1) is 14.5. The first-order valence-electron chi connectivity index (χ1n) is 9.15. The Kier molecular flexibility index (Phi) is 3.75. The van der Waals surface area contributed by atoms with Gasteiger partial charge in [0.1, 0.15) is 11.6 Å². The van der Waals surface area contributed by atoms with Crippen molar-refractivity contribution in [2.24, 2.45) is 7.05 Å². The molecule has 0 radical (unpaired) electrons. The van der Waals surface area contributed by atoms with Crippen LogP contribution >= 0.6 is 0 Å². The summed E-state index contributed by atoms with van der Waals surface area (Å²) < 4.78 is 31.1. The standard InChI is InChI=1S/C20H16FN5O/c1-26-12-22-11-18(26)16-7-4-14-10-23-19(9-17(14)24-16)25-20(27)8-13-2-5-15(21)6-3-13/h2-7,9-12H,8H2,1H3,(H,23,25,27)/i8D2. The van der Waals surface area contributed by atoms with Crippen molar-refractivity contribution in [2.45, 2.75) is 6.37 Å². The van der Waals surface area contributed by atoms with Crippen molar-refractivity contribution in [3.8, 4) is 11.4 Å². The molecule has 0 spiro atoms. The predicted octanol–water partition coefficient (Wildman–Crippen LogP) is 3.35. The summed E-state index contributed by atoms with van der Waals surface area (Å²) in [6.07, 6.45) is 2.58. The van der Waals surface area contributed by atoms with Crippen molar-refractivity contribution in [1.82, 2.24) is 19.5 Å². The fraction of sp³-hybridized carbons (Fsp3) is 0.100. The van der Waals surface area contributed by atoms with Crippen molar-refractivity contribution < 1.29 is 11.9 Å². The molecule has 0 saturated carbocycles. The van der Waals surface area contributed by atoms with Crippen LogP contribution in [0.15, 0.2) is 61.2 Å². The first-order valence-corrected chi connectivity index (χ1v) is 8.15. The molecule has 0 saturated heterocycles. The zero-order valence-corrected chi connectivity index (χ0v) is 14.3. The van der Waals surface area contributed by atoms with Gasteiger partial charge in [0.2, 0.25) is 5.91 Å². The molecule has 4 rings (SSSR count). The number of carbonyl (C=O) groups excluding carboxylic acids is 1. The zero-order chi connectivity index (χ0) is 20.6. The second-order valence-electron chi connectivity index (χ2n) is 5.93. The van der Waals surface area contributed by atoms with Crippen LogP contribution in [-0.2, 0) is 18.2 Å². The van der Waals surface area contributed by atoms with Gasteiger partial charge in [-0.05, 0) is 29.8 Å². The van der Waals surface area contributed by atoms with E-state index in [4.69, 9.17) is 2.74 Å². The first-order chi connectivity index (χ1) is 13.8. The van der Waals surface area contributed by atoms with E-state index in [9.17, 15) is 9.18 Å². The topological polar surface area (TPSA) is 72.7 Å². The Morgan fingerprint density at radius 2 is 2.04 bits per heavy atom. The van der Waals surface area contributed by atoms with Gasteiger partial charge in [-0.25, -0.2) is 19.3 Å². The van der Waals surface area contributed by atoms with Crippen LogP contribution in [0.1, 0.15) is 8.30 Å². The average Bonchev–Trinajstić information content (AvgIpc) is 3.13. The van der Waals surface area contributed by atoms with Gasteiger partial charge in [-0.1, -0.05) is 12.1 Å². The lowest BCUT2D eigenvalue weighted by Crippen LogP contribution is -2.15. The number of nitrogens with one attached hydrogen (secondary N) is 1. The Bertz CT molecular complexity index is 1210. The molecule has 0 atom stereocenters. The van der Waals surface area contributed by atoms with Crippen LogP contribution in [0.5, 0.6) is 0 Å². The van der Waals surface area contributed by atoms with E-state index in [0.717, 1.165) is 23.2 Å². The molecule has 6 nitrogen and oxygen atoms in total. The van der Waals surface area contributed by atoms with Crippen molar-refractivity contribution in [3.63, 3.8) is 0 Å². The van der Waals surface area contributed by atoms with Crippen LogP contribution in [0.2, 0.25) is 0 Å². The number of rotatable bonds is 4. The molecule has 1 N–H and O–H groups in total. The molecule has 0 aliphatic heterocycles. The number of halogens is 1. The fourth-order valence-electron chi connectivity index (χ4n) is 2.64. The molecule has 7 heteroatoms. The van der Waals surface area contributed by atoms with Crippen LogP contribution in [0.25, 0.3) is 22.3 Å². The minimum absolute atomic E-state index is 0.0498. The number of aromatic nitrogens is 4. The highest BCUT2D eigenvalue weighted by molar-refractivity contribution is 5.93. The number of pyridine rings is 2. The van der Waals surface area contributed by atoms with Crippen LogP contribution in [0.3, 0.4) is 0 Å². The number of anilines is 1. The Morgan fingerprint density at radius 1 is 1.22 bits per heavy atom. The summed E-state index contributed by atoms with van der Waals surface area (Å²) in [4.78, 5) is 25.3. The smallest absolute Gasteiger partial charge is 0.229 e. The number of nitrogens with zero attached hydrogens (tertiary/aromatic N) is 4. The molecule has 134 valence electrons. The summed E-state index contributed by atoms with van der Waals surface area (Å²) in [7, 11) is 1.87. The van der Waals surface area contributed by atoms with E-state index in [2.05, 4.69) is 20.3 Å². The van der Waals surface area contributed by atoms with Gasteiger partial charge in [0, 0.05) is 27.4 Å². The number of amides is 1. The molecule has 3 aromatic heterocycles. The molecule has 0 fully saturated rings. The van der Waals surface area contributed by atoms with Gasteiger partial charge in [0.25, 0.3) is 0 Å². The van der Waals surface area contributed by atoms with Gasteiger partial charge in [0.15, 0.2) is 0 Å². The minimum atomic E-state index is -2.35. The summed E-state index contributed by atoms with van der Waals surface area (Å²) in [5.41, 5.74) is 2.19. The lowest BCUT2D eigenvalue weighted by atomic mass is 10.1.